The Kier molecular flexibility index (Phi) is 10.4. The first-order valence-electron chi connectivity index (χ1n) is 12.3. The number of amides is 2. The maximum absolute atomic E-state index is 13.4. The van der Waals surface area contributed by atoms with E-state index in [1.165, 1.54) is 18.1 Å². The summed E-state index contributed by atoms with van der Waals surface area (Å²) in [5, 5.41) is 2.86. The lowest BCUT2D eigenvalue weighted by atomic mass is 10.1. The summed E-state index contributed by atoms with van der Waals surface area (Å²) in [7, 11) is -2.43. The van der Waals surface area contributed by atoms with Gasteiger partial charge in [0.15, 0.2) is 0 Å². The number of halogens is 3. The number of ether oxygens (including phenoxy) is 1. The minimum Gasteiger partial charge on any atom is -0.497 e. The first-order valence-corrected chi connectivity index (χ1v) is 14.2. The van der Waals surface area contributed by atoms with Crippen LogP contribution in [0.4, 0.5) is 18.9 Å². The maximum Gasteiger partial charge on any atom is 0.416 e. The molecule has 0 aliphatic heterocycles. The number of sulfonamides is 1. The van der Waals surface area contributed by atoms with Crippen molar-refractivity contribution in [1.82, 2.24) is 10.2 Å². The van der Waals surface area contributed by atoms with E-state index >= 15 is 0 Å². The molecule has 0 aliphatic carbocycles. The second-order valence-electron chi connectivity index (χ2n) is 10.3. The summed E-state index contributed by atoms with van der Waals surface area (Å²) < 4.78 is 70.5. The highest BCUT2D eigenvalue weighted by molar-refractivity contribution is 7.92. The zero-order chi connectivity index (χ0) is 29.6. The molecule has 0 unspecified atom stereocenters. The van der Waals surface area contributed by atoms with Crippen LogP contribution in [0.5, 0.6) is 5.75 Å². The molecule has 0 saturated carbocycles. The number of nitrogens with one attached hydrogen (secondary N) is 1. The Hall–Kier alpha value is -3.28. The van der Waals surface area contributed by atoms with Crippen LogP contribution in [0.15, 0.2) is 48.5 Å². The molecule has 0 heterocycles. The molecule has 1 atom stereocenters. The molecular weight excluding hydrogens is 535 g/mol. The molecule has 0 saturated heterocycles. The van der Waals surface area contributed by atoms with Crippen molar-refractivity contribution in [2.24, 2.45) is 0 Å². The molecule has 0 spiro atoms. The van der Waals surface area contributed by atoms with E-state index in [0.717, 1.165) is 34.3 Å². The fourth-order valence-electron chi connectivity index (χ4n) is 3.87. The van der Waals surface area contributed by atoms with E-state index in [1.54, 1.807) is 31.2 Å². The lowest BCUT2D eigenvalue weighted by molar-refractivity contribution is -0.141. The quantitative estimate of drug-likeness (QED) is 0.426. The van der Waals surface area contributed by atoms with Crippen LogP contribution in [-0.2, 0) is 32.3 Å². The number of alkyl halides is 3. The van der Waals surface area contributed by atoms with E-state index in [2.05, 4.69) is 5.32 Å². The third-order valence-electron chi connectivity index (χ3n) is 5.77. The van der Waals surface area contributed by atoms with Crippen LogP contribution in [0.25, 0.3) is 0 Å². The van der Waals surface area contributed by atoms with Gasteiger partial charge in [-0.1, -0.05) is 18.2 Å². The smallest absolute Gasteiger partial charge is 0.416 e. The van der Waals surface area contributed by atoms with Crippen molar-refractivity contribution in [1.29, 1.82) is 0 Å². The maximum atomic E-state index is 13.4. The molecule has 0 aromatic heterocycles. The van der Waals surface area contributed by atoms with E-state index in [0.29, 0.717) is 5.75 Å². The van der Waals surface area contributed by atoms with Gasteiger partial charge in [-0.15, -0.1) is 0 Å². The number of nitrogens with zero attached hydrogens (tertiary/aromatic N) is 2. The van der Waals surface area contributed by atoms with Crippen LogP contribution < -0.4 is 14.4 Å². The zero-order valence-corrected chi connectivity index (χ0v) is 23.8. The van der Waals surface area contributed by atoms with Crippen molar-refractivity contribution in [3.8, 4) is 5.75 Å². The summed E-state index contributed by atoms with van der Waals surface area (Å²) in [4.78, 5) is 27.7. The Morgan fingerprint density at radius 1 is 1.05 bits per heavy atom. The van der Waals surface area contributed by atoms with Gasteiger partial charge in [0, 0.05) is 25.0 Å². The molecule has 0 radical (unpaired) electrons. The molecule has 216 valence electrons. The minimum absolute atomic E-state index is 0.0182. The molecule has 8 nitrogen and oxygen atoms in total. The van der Waals surface area contributed by atoms with Gasteiger partial charge in [0.1, 0.15) is 11.8 Å². The van der Waals surface area contributed by atoms with Crippen molar-refractivity contribution in [3.63, 3.8) is 0 Å². The second kappa shape index (κ2) is 12.7. The Bertz CT molecular complexity index is 1260. The fourth-order valence-corrected chi connectivity index (χ4v) is 4.82. The molecule has 1 N–H and O–H groups in total. The Labute approximate surface area is 228 Å². The molecule has 2 rings (SSSR count). The van der Waals surface area contributed by atoms with Gasteiger partial charge < -0.3 is 15.0 Å². The molecule has 2 aromatic rings. The van der Waals surface area contributed by atoms with Gasteiger partial charge in [-0.05, 0) is 70.0 Å². The monoisotopic (exact) mass is 571 g/mol. The van der Waals surface area contributed by atoms with E-state index in [1.807, 2.05) is 20.8 Å². The Balaban J connectivity index is 2.25. The number of carbonyl (C=O) groups excluding carboxylic acids is 2. The van der Waals surface area contributed by atoms with Crippen LogP contribution in [0, 0.1) is 0 Å². The highest BCUT2D eigenvalue weighted by atomic mass is 32.2. The van der Waals surface area contributed by atoms with Crippen molar-refractivity contribution in [2.45, 2.75) is 64.8 Å². The van der Waals surface area contributed by atoms with Crippen molar-refractivity contribution >= 4 is 27.5 Å². The summed E-state index contributed by atoms with van der Waals surface area (Å²) in [6.45, 7) is 6.93. The topological polar surface area (TPSA) is 96.0 Å². The van der Waals surface area contributed by atoms with Gasteiger partial charge in [-0.2, -0.15) is 13.2 Å². The number of carbonyl (C=O) groups is 2. The number of benzene rings is 2. The number of methoxy groups -OCH3 is 1. The molecule has 0 bridgehead atoms. The minimum atomic E-state index is -4.64. The number of anilines is 1. The predicted molar refractivity (Wildman–Crippen MR) is 144 cm³/mol. The van der Waals surface area contributed by atoms with Gasteiger partial charge in [0.2, 0.25) is 21.8 Å². The van der Waals surface area contributed by atoms with Crippen molar-refractivity contribution < 1.29 is 35.9 Å². The molecule has 2 aromatic carbocycles. The van der Waals surface area contributed by atoms with Crippen LogP contribution >= 0.6 is 0 Å². The molecule has 12 heteroatoms. The second-order valence-corrected chi connectivity index (χ2v) is 12.2. The first kappa shape index (κ1) is 31.9. The van der Waals surface area contributed by atoms with Gasteiger partial charge in [-0.25, -0.2) is 8.42 Å². The lowest BCUT2D eigenvalue weighted by Gasteiger charge is -2.32. The predicted octanol–water partition coefficient (Wildman–Crippen LogP) is 4.59. The average Bonchev–Trinajstić information content (AvgIpc) is 2.82. The summed E-state index contributed by atoms with van der Waals surface area (Å²) in [6, 6.07) is 10.2. The van der Waals surface area contributed by atoms with Gasteiger partial charge in [-0.3, -0.25) is 13.9 Å². The van der Waals surface area contributed by atoms with Crippen LogP contribution in [-0.4, -0.2) is 56.6 Å². The number of hydrogen-bond donors (Lipinski definition) is 1. The van der Waals surface area contributed by atoms with E-state index in [-0.39, 0.29) is 37.5 Å². The summed E-state index contributed by atoms with van der Waals surface area (Å²) in [5.41, 5.74) is -0.935. The number of hydrogen-bond acceptors (Lipinski definition) is 5. The SMILES string of the molecule is COc1cccc(CN(C(=O)CCCN(c2cccc(C(F)(F)F)c2)S(C)(=O)=O)[C@@H](C)C(=O)NC(C)(C)C)c1. The van der Waals surface area contributed by atoms with Crippen molar-refractivity contribution in [3.05, 3.63) is 59.7 Å². The molecule has 39 heavy (non-hydrogen) atoms. The molecular formula is C27H36F3N3O5S. The van der Waals surface area contributed by atoms with Gasteiger partial charge in [0.05, 0.1) is 24.6 Å². The molecule has 0 aliphatic rings. The van der Waals surface area contributed by atoms with E-state index in [4.69, 9.17) is 4.74 Å². The van der Waals surface area contributed by atoms with Crippen molar-refractivity contribution in [2.75, 3.05) is 24.2 Å². The normalized spacial score (nSPS) is 12.9. The third-order valence-corrected chi connectivity index (χ3v) is 6.96. The van der Waals surface area contributed by atoms with Gasteiger partial charge >= 0.3 is 6.18 Å². The Morgan fingerprint density at radius 2 is 1.69 bits per heavy atom. The number of rotatable bonds is 11. The Morgan fingerprint density at radius 3 is 2.26 bits per heavy atom. The molecule has 0 fully saturated rings. The van der Waals surface area contributed by atoms with Crippen LogP contribution in [0.1, 0.15) is 51.7 Å². The average molecular weight is 572 g/mol. The zero-order valence-electron chi connectivity index (χ0n) is 23.0. The van der Waals surface area contributed by atoms with Crippen LogP contribution in [0.3, 0.4) is 0 Å². The van der Waals surface area contributed by atoms with E-state index in [9.17, 15) is 31.2 Å². The summed E-state index contributed by atoms with van der Waals surface area (Å²) in [6.07, 6.45) is -3.87. The summed E-state index contributed by atoms with van der Waals surface area (Å²) in [5.74, 6) is -0.191. The first-order chi connectivity index (χ1) is 17.9. The highest BCUT2D eigenvalue weighted by Crippen LogP contribution is 2.32. The fraction of sp³-hybridized carbons (Fsp3) is 0.481. The molecule has 2 amide bonds. The third kappa shape index (κ3) is 9.76. The highest BCUT2D eigenvalue weighted by Gasteiger charge is 2.32. The standard InChI is InChI=1S/C27H36F3N3O5S/c1-19(25(35)31-26(2,3)4)32(18-20-10-7-13-23(16-20)38-5)24(34)14-9-15-33(39(6,36)37)22-12-8-11-21(17-22)27(28,29)30/h7-8,10-13,16-17,19H,9,14-15,18H2,1-6H3,(H,31,35)/t19-/m0/s1. The lowest BCUT2D eigenvalue weighted by Crippen LogP contribution is -2.52. The van der Waals surface area contributed by atoms with Gasteiger partial charge in [0.25, 0.3) is 0 Å². The largest absolute Gasteiger partial charge is 0.497 e. The van der Waals surface area contributed by atoms with E-state index < -0.39 is 39.3 Å². The summed E-state index contributed by atoms with van der Waals surface area (Å²) >= 11 is 0. The van der Waals surface area contributed by atoms with Crippen LogP contribution in [0.2, 0.25) is 0 Å².